The van der Waals surface area contributed by atoms with E-state index in [-0.39, 0.29) is 5.91 Å². The quantitative estimate of drug-likeness (QED) is 0.696. The van der Waals surface area contributed by atoms with E-state index in [9.17, 15) is 4.79 Å². The van der Waals surface area contributed by atoms with Gasteiger partial charge in [-0.3, -0.25) is 4.79 Å². The number of fused-ring (bicyclic) bond motifs is 4. The molecule has 2 aliphatic rings. The highest BCUT2D eigenvalue weighted by Gasteiger charge is 2.33. The van der Waals surface area contributed by atoms with E-state index >= 15 is 0 Å². The van der Waals surface area contributed by atoms with Crippen molar-refractivity contribution < 1.29 is 4.79 Å². The molecule has 0 radical (unpaired) electrons. The molecule has 0 spiro atoms. The zero-order chi connectivity index (χ0) is 13.0. The van der Waals surface area contributed by atoms with Crippen LogP contribution in [0.25, 0.3) is 11.1 Å². The molecule has 0 unspecified atom stereocenters. The number of carbonyl (C=O) groups is 1. The Morgan fingerprint density at radius 3 is 2.21 bits per heavy atom. The summed E-state index contributed by atoms with van der Waals surface area (Å²) < 4.78 is 0. The first-order chi connectivity index (χ1) is 9.27. The van der Waals surface area contributed by atoms with Crippen LogP contribution in [-0.4, -0.2) is 13.0 Å². The summed E-state index contributed by atoms with van der Waals surface area (Å²) in [6.07, 6.45) is 0.995. The van der Waals surface area contributed by atoms with Crippen LogP contribution in [0.5, 0.6) is 0 Å². The average molecular weight is 247 g/mol. The highest BCUT2D eigenvalue weighted by Crippen LogP contribution is 2.51. The Morgan fingerprint density at radius 2 is 1.42 bits per heavy atom. The Hall–Kier alpha value is -2.35. The van der Waals surface area contributed by atoms with Gasteiger partial charge in [-0.05, 0) is 35.3 Å². The molecule has 0 N–H and O–H groups in total. The average Bonchev–Trinajstić information content (AvgIpc) is 3.25. The highest BCUT2D eigenvalue weighted by molar-refractivity contribution is 6.19. The van der Waals surface area contributed by atoms with Crippen molar-refractivity contribution in [3.8, 4) is 0 Å². The van der Waals surface area contributed by atoms with E-state index in [2.05, 4.69) is 12.1 Å². The van der Waals surface area contributed by atoms with Gasteiger partial charge in [-0.25, -0.2) is 0 Å². The third kappa shape index (κ3) is 1.40. The van der Waals surface area contributed by atoms with Gasteiger partial charge in [0.1, 0.15) is 0 Å². The van der Waals surface area contributed by atoms with Crippen LogP contribution < -0.4 is 4.90 Å². The predicted octanol–water partition coefficient (Wildman–Crippen LogP) is 3.59. The molecule has 0 bridgehead atoms. The standard InChI is InChI=1S/C17H13NO/c1-18-16-9-5-4-7-12(16)15-10-14(15)11-6-2-3-8-13(11)17(18)19/h2-9H,10H2,1H3. The molecule has 0 saturated heterocycles. The molecule has 0 fully saturated rings. The fourth-order valence-corrected chi connectivity index (χ4v) is 2.89. The molecule has 2 nitrogen and oxygen atoms in total. The summed E-state index contributed by atoms with van der Waals surface area (Å²) in [6, 6.07) is 16.1. The number of anilines is 1. The van der Waals surface area contributed by atoms with Gasteiger partial charge < -0.3 is 4.90 Å². The lowest BCUT2D eigenvalue weighted by atomic mass is 10.0. The predicted molar refractivity (Wildman–Crippen MR) is 77.0 cm³/mol. The number of hydrogen-bond acceptors (Lipinski definition) is 1. The van der Waals surface area contributed by atoms with E-state index in [1.165, 1.54) is 16.7 Å². The van der Waals surface area contributed by atoms with Crippen LogP contribution in [0.4, 0.5) is 5.69 Å². The molecule has 0 aromatic heterocycles. The Morgan fingerprint density at radius 1 is 0.842 bits per heavy atom. The maximum Gasteiger partial charge on any atom is 0.258 e. The van der Waals surface area contributed by atoms with Gasteiger partial charge in [0.15, 0.2) is 0 Å². The van der Waals surface area contributed by atoms with E-state index in [0.717, 1.165) is 23.2 Å². The molecule has 4 rings (SSSR count). The van der Waals surface area contributed by atoms with E-state index in [1.54, 1.807) is 4.90 Å². The van der Waals surface area contributed by atoms with Gasteiger partial charge in [0.05, 0.1) is 5.69 Å². The van der Waals surface area contributed by atoms with E-state index in [1.807, 2.05) is 43.4 Å². The van der Waals surface area contributed by atoms with Crippen molar-refractivity contribution in [1.82, 2.24) is 0 Å². The molecule has 1 aliphatic heterocycles. The maximum absolute atomic E-state index is 12.6. The molecule has 92 valence electrons. The van der Waals surface area contributed by atoms with Crippen molar-refractivity contribution in [2.75, 3.05) is 11.9 Å². The van der Waals surface area contributed by atoms with Gasteiger partial charge in [-0.15, -0.1) is 0 Å². The second-order valence-corrected chi connectivity index (χ2v) is 5.06. The third-order valence-electron chi connectivity index (χ3n) is 3.97. The second kappa shape index (κ2) is 3.58. The summed E-state index contributed by atoms with van der Waals surface area (Å²) in [5.74, 6) is 0.0708. The summed E-state index contributed by atoms with van der Waals surface area (Å²) in [4.78, 5) is 14.4. The fourth-order valence-electron chi connectivity index (χ4n) is 2.89. The number of rotatable bonds is 0. The summed E-state index contributed by atoms with van der Waals surface area (Å²) in [7, 11) is 1.85. The number of hydrogen-bond donors (Lipinski definition) is 0. The fraction of sp³-hybridized carbons (Fsp3) is 0.118. The van der Waals surface area contributed by atoms with E-state index < -0.39 is 0 Å². The van der Waals surface area contributed by atoms with Crippen molar-refractivity contribution in [1.29, 1.82) is 0 Å². The summed E-state index contributed by atoms with van der Waals surface area (Å²) in [5.41, 5.74) is 6.81. The highest BCUT2D eigenvalue weighted by atomic mass is 16.2. The van der Waals surface area contributed by atoms with Crippen molar-refractivity contribution in [3.63, 3.8) is 0 Å². The third-order valence-corrected chi connectivity index (χ3v) is 3.97. The molecule has 0 saturated carbocycles. The lowest BCUT2D eigenvalue weighted by molar-refractivity contribution is 0.0992. The normalized spacial score (nSPS) is 16.3. The van der Waals surface area contributed by atoms with Crippen molar-refractivity contribution in [2.24, 2.45) is 0 Å². The smallest absolute Gasteiger partial charge is 0.258 e. The van der Waals surface area contributed by atoms with Gasteiger partial charge >= 0.3 is 0 Å². The molecule has 1 heterocycles. The largest absolute Gasteiger partial charge is 0.311 e. The Labute approximate surface area is 112 Å². The van der Waals surface area contributed by atoms with Crippen LogP contribution in [0.1, 0.15) is 27.9 Å². The molecule has 19 heavy (non-hydrogen) atoms. The Balaban J connectivity index is 2.05. The van der Waals surface area contributed by atoms with Crippen LogP contribution in [-0.2, 0) is 0 Å². The molecule has 0 atom stereocenters. The number of nitrogens with zero attached hydrogens (tertiary/aromatic N) is 1. The molecule has 2 heteroatoms. The molecular formula is C17H13NO. The first kappa shape index (κ1) is 10.6. The van der Waals surface area contributed by atoms with Gasteiger partial charge in [-0.1, -0.05) is 36.4 Å². The summed E-state index contributed by atoms with van der Waals surface area (Å²) in [5, 5.41) is 0. The first-order valence-corrected chi connectivity index (χ1v) is 6.46. The molecule has 2 aromatic carbocycles. The molecule has 1 amide bonds. The number of amides is 1. The molecule has 1 aliphatic carbocycles. The summed E-state index contributed by atoms with van der Waals surface area (Å²) in [6.45, 7) is 0. The van der Waals surface area contributed by atoms with Crippen LogP contribution >= 0.6 is 0 Å². The number of para-hydroxylation sites is 1. The zero-order valence-corrected chi connectivity index (χ0v) is 10.7. The van der Waals surface area contributed by atoms with E-state index in [4.69, 9.17) is 0 Å². The SMILES string of the molecule is CN1C(=O)c2ccccc2C2=C(C2)c2ccccc21. The Kier molecular flexibility index (Phi) is 1.99. The minimum atomic E-state index is 0.0708. The zero-order valence-electron chi connectivity index (χ0n) is 10.7. The maximum atomic E-state index is 12.6. The number of benzene rings is 2. The van der Waals surface area contributed by atoms with Crippen molar-refractivity contribution in [3.05, 3.63) is 65.2 Å². The molecule has 2 aromatic rings. The Bertz CT molecular complexity index is 742. The minimum absolute atomic E-state index is 0.0708. The van der Waals surface area contributed by atoms with Crippen LogP contribution in [0.2, 0.25) is 0 Å². The van der Waals surface area contributed by atoms with Crippen LogP contribution in [0.3, 0.4) is 0 Å². The van der Waals surface area contributed by atoms with Gasteiger partial charge in [0.25, 0.3) is 5.91 Å². The lowest BCUT2D eigenvalue weighted by Gasteiger charge is -2.22. The van der Waals surface area contributed by atoms with E-state index in [0.29, 0.717) is 0 Å². The van der Waals surface area contributed by atoms with Gasteiger partial charge in [0.2, 0.25) is 0 Å². The van der Waals surface area contributed by atoms with Crippen molar-refractivity contribution in [2.45, 2.75) is 6.42 Å². The van der Waals surface area contributed by atoms with Crippen LogP contribution in [0.15, 0.2) is 48.5 Å². The van der Waals surface area contributed by atoms with Gasteiger partial charge in [-0.2, -0.15) is 0 Å². The van der Waals surface area contributed by atoms with Gasteiger partial charge in [0, 0.05) is 18.2 Å². The lowest BCUT2D eigenvalue weighted by Crippen LogP contribution is -2.28. The first-order valence-electron chi connectivity index (χ1n) is 6.46. The minimum Gasteiger partial charge on any atom is -0.311 e. The molecular weight excluding hydrogens is 234 g/mol. The number of carbonyl (C=O) groups excluding carboxylic acids is 1. The van der Waals surface area contributed by atoms with Crippen molar-refractivity contribution >= 4 is 22.7 Å². The second-order valence-electron chi connectivity index (χ2n) is 5.06. The number of allylic oxidation sites excluding steroid dienone is 2. The van der Waals surface area contributed by atoms with Crippen LogP contribution in [0, 0.1) is 0 Å². The monoisotopic (exact) mass is 247 g/mol. The topological polar surface area (TPSA) is 20.3 Å². The summed E-state index contributed by atoms with van der Waals surface area (Å²) >= 11 is 0.